The summed E-state index contributed by atoms with van der Waals surface area (Å²) in [4.78, 5) is 36.9. The summed E-state index contributed by atoms with van der Waals surface area (Å²) in [6.07, 6.45) is 3.19. The van der Waals surface area contributed by atoms with E-state index in [-0.39, 0.29) is 12.0 Å². The van der Waals surface area contributed by atoms with Gasteiger partial charge in [0.15, 0.2) is 0 Å². The van der Waals surface area contributed by atoms with Crippen LogP contribution in [-0.4, -0.2) is 45.9 Å². The topological polar surface area (TPSA) is 120 Å². The standard InChI is InChI=1S/C24H27N5O4S/c1-14(16-4-6-32-7-5-16)29(10-15-2-3-21-19(8-15)27-13-34-21)24(31)23(30)28-20-9-26-22(25)18-12-33-11-17(18)20/h2-3,8-9,13-14,16H,4-7,10-12H2,1H3,(H2,25,26)(H,28,30). The molecule has 1 saturated heterocycles. The number of nitrogens with one attached hydrogen (secondary N) is 1. The number of pyridine rings is 1. The molecule has 0 bridgehead atoms. The Morgan fingerprint density at radius 3 is 2.82 bits per heavy atom. The molecule has 9 nitrogen and oxygen atoms in total. The lowest BCUT2D eigenvalue weighted by Gasteiger charge is -2.36. The maximum Gasteiger partial charge on any atom is 0.313 e. The van der Waals surface area contributed by atoms with Crippen LogP contribution < -0.4 is 11.1 Å². The number of hydrogen-bond acceptors (Lipinski definition) is 8. The van der Waals surface area contributed by atoms with Crippen molar-refractivity contribution in [3.63, 3.8) is 0 Å². The van der Waals surface area contributed by atoms with Gasteiger partial charge in [0.2, 0.25) is 0 Å². The van der Waals surface area contributed by atoms with Crippen LogP contribution in [0.4, 0.5) is 11.5 Å². The highest BCUT2D eigenvalue weighted by molar-refractivity contribution is 7.16. The minimum atomic E-state index is -0.700. The van der Waals surface area contributed by atoms with E-state index >= 15 is 0 Å². The summed E-state index contributed by atoms with van der Waals surface area (Å²) in [6.45, 7) is 4.33. The molecule has 5 rings (SSSR count). The Bertz CT molecular complexity index is 1220. The fraction of sp³-hybridized carbons (Fsp3) is 0.417. The number of anilines is 2. The van der Waals surface area contributed by atoms with Crippen LogP contribution in [0.1, 0.15) is 36.5 Å². The van der Waals surface area contributed by atoms with Crippen LogP contribution in [-0.2, 0) is 38.8 Å². The summed E-state index contributed by atoms with van der Waals surface area (Å²) in [5.74, 6) is -0.649. The second-order valence-electron chi connectivity index (χ2n) is 8.74. The largest absolute Gasteiger partial charge is 0.383 e. The van der Waals surface area contributed by atoms with Crippen molar-refractivity contribution in [2.75, 3.05) is 24.3 Å². The molecule has 178 valence electrons. The third-order valence-electron chi connectivity index (χ3n) is 6.71. The van der Waals surface area contributed by atoms with E-state index in [4.69, 9.17) is 15.2 Å². The van der Waals surface area contributed by atoms with Crippen molar-refractivity contribution in [2.45, 2.75) is 45.6 Å². The highest BCUT2D eigenvalue weighted by Gasteiger charge is 2.33. The highest BCUT2D eigenvalue weighted by Crippen LogP contribution is 2.31. The number of aromatic nitrogens is 2. The average molecular weight is 482 g/mol. The number of nitrogens with zero attached hydrogens (tertiary/aromatic N) is 3. The van der Waals surface area contributed by atoms with Gasteiger partial charge in [-0.2, -0.15) is 0 Å². The molecule has 0 radical (unpaired) electrons. The molecule has 1 aromatic carbocycles. The summed E-state index contributed by atoms with van der Waals surface area (Å²) in [7, 11) is 0. The zero-order valence-electron chi connectivity index (χ0n) is 19.0. The minimum absolute atomic E-state index is 0.133. The van der Waals surface area contributed by atoms with E-state index in [1.165, 1.54) is 6.20 Å². The Balaban J connectivity index is 1.39. The van der Waals surface area contributed by atoms with Crippen molar-refractivity contribution < 1.29 is 19.1 Å². The first-order valence-electron chi connectivity index (χ1n) is 11.4. The van der Waals surface area contributed by atoms with Gasteiger partial charge in [0.1, 0.15) is 5.82 Å². The molecule has 4 heterocycles. The monoisotopic (exact) mass is 481 g/mol. The van der Waals surface area contributed by atoms with Crippen LogP contribution in [0.15, 0.2) is 29.9 Å². The maximum atomic E-state index is 13.5. The zero-order valence-corrected chi connectivity index (χ0v) is 19.8. The molecule has 3 N–H and O–H groups in total. The number of fused-ring (bicyclic) bond motifs is 2. The lowest BCUT2D eigenvalue weighted by Crippen LogP contribution is -2.48. The number of hydrogen-bond donors (Lipinski definition) is 2. The zero-order chi connectivity index (χ0) is 23.7. The number of carbonyl (C=O) groups is 2. The molecule has 2 aliphatic heterocycles. The van der Waals surface area contributed by atoms with Crippen molar-refractivity contribution in [3.05, 3.63) is 46.6 Å². The van der Waals surface area contributed by atoms with Gasteiger partial charge in [-0.1, -0.05) is 6.07 Å². The normalized spacial score (nSPS) is 16.9. The predicted octanol–water partition coefficient (Wildman–Crippen LogP) is 3.09. The Hall–Kier alpha value is -3.08. The molecule has 34 heavy (non-hydrogen) atoms. The van der Waals surface area contributed by atoms with Gasteiger partial charge in [-0.3, -0.25) is 9.59 Å². The lowest BCUT2D eigenvalue weighted by molar-refractivity contribution is -0.146. The molecular formula is C24H27N5O4S. The van der Waals surface area contributed by atoms with E-state index < -0.39 is 11.8 Å². The quantitative estimate of drug-likeness (QED) is 0.538. The number of benzene rings is 1. The van der Waals surface area contributed by atoms with E-state index in [1.807, 2.05) is 25.1 Å². The number of ether oxygens (including phenoxy) is 2. The van der Waals surface area contributed by atoms with Crippen molar-refractivity contribution >= 4 is 44.9 Å². The molecule has 2 amide bonds. The Kier molecular flexibility index (Phi) is 6.44. The Morgan fingerprint density at radius 1 is 1.21 bits per heavy atom. The number of amides is 2. The van der Waals surface area contributed by atoms with Crippen LogP contribution in [0.2, 0.25) is 0 Å². The Labute approximate surface area is 201 Å². The molecule has 1 unspecified atom stereocenters. The summed E-state index contributed by atoms with van der Waals surface area (Å²) in [5.41, 5.74) is 11.5. The lowest BCUT2D eigenvalue weighted by atomic mass is 9.91. The smallest absolute Gasteiger partial charge is 0.313 e. The number of thiazole rings is 1. The number of rotatable bonds is 5. The molecule has 0 aliphatic carbocycles. The fourth-order valence-corrected chi connectivity index (χ4v) is 5.31. The molecule has 1 atom stereocenters. The minimum Gasteiger partial charge on any atom is -0.383 e. The molecule has 3 aromatic rings. The average Bonchev–Trinajstić information content (AvgIpc) is 3.54. The third kappa shape index (κ3) is 4.48. The van der Waals surface area contributed by atoms with Gasteiger partial charge >= 0.3 is 11.8 Å². The van der Waals surface area contributed by atoms with Gasteiger partial charge in [0, 0.05) is 36.9 Å². The third-order valence-corrected chi connectivity index (χ3v) is 7.52. The van der Waals surface area contributed by atoms with E-state index in [2.05, 4.69) is 15.3 Å². The maximum absolute atomic E-state index is 13.5. The molecule has 10 heteroatoms. The van der Waals surface area contributed by atoms with E-state index in [9.17, 15) is 9.59 Å². The van der Waals surface area contributed by atoms with E-state index in [1.54, 1.807) is 21.7 Å². The predicted molar refractivity (Wildman–Crippen MR) is 129 cm³/mol. The first-order chi connectivity index (χ1) is 16.5. The number of carbonyl (C=O) groups excluding carboxylic acids is 2. The highest BCUT2D eigenvalue weighted by atomic mass is 32.1. The SMILES string of the molecule is CC(C1CCOCC1)N(Cc1ccc2scnc2c1)C(=O)C(=O)Nc1cnc(N)c2c1COC2. The number of nitrogens with two attached hydrogens (primary N) is 1. The van der Waals surface area contributed by atoms with Gasteiger partial charge < -0.3 is 25.4 Å². The van der Waals surface area contributed by atoms with E-state index in [0.717, 1.165) is 39.7 Å². The number of nitrogen functional groups attached to an aromatic ring is 1. The first kappa shape index (κ1) is 22.7. The van der Waals surface area contributed by atoms with Crippen molar-refractivity contribution in [2.24, 2.45) is 5.92 Å². The van der Waals surface area contributed by atoms with Crippen LogP contribution >= 0.6 is 11.3 Å². The first-order valence-corrected chi connectivity index (χ1v) is 12.2. The van der Waals surface area contributed by atoms with E-state index in [0.29, 0.717) is 44.5 Å². The van der Waals surface area contributed by atoms with Crippen LogP contribution in [0, 0.1) is 5.92 Å². The second kappa shape index (κ2) is 9.65. The summed E-state index contributed by atoms with van der Waals surface area (Å²) in [6, 6.07) is 5.85. The second-order valence-corrected chi connectivity index (χ2v) is 9.63. The Morgan fingerprint density at radius 2 is 2.00 bits per heavy atom. The van der Waals surface area contributed by atoms with Crippen LogP contribution in [0.3, 0.4) is 0 Å². The van der Waals surface area contributed by atoms with Gasteiger partial charge in [0.05, 0.1) is 40.8 Å². The van der Waals surface area contributed by atoms with Crippen molar-refractivity contribution in [3.8, 4) is 0 Å². The molecule has 1 fully saturated rings. The summed E-state index contributed by atoms with van der Waals surface area (Å²) >= 11 is 1.57. The van der Waals surface area contributed by atoms with Gasteiger partial charge in [0.25, 0.3) is 0 Å². The van der Waals surface area contributed by atoms with Gasteiger partial charge in [-0.25, -0.2) is 9.97 Å². The van der Waals surface area contributed by atoms with Gasteiger partial charge in [-0.15, -0.1) is 11.3 Å². The molecule has 0 saturated carbocycles. The summed E-state index contributed by atoms with van der Waals surface area (Å²) < 4.78 is 12.1. The molecule has 2 aromatic heterocycles. The fourth-order valence-electron chi connectivity index (χ4n) is 4.65. The van der Waals surface area contributed by atoms with Crippen molar-refractivity contribution in [1.82, 2.24) is 14.9 Å². The molecule has 2 aliphatic rings. The van der Waals surface area contributed by atoms with Crippen LogP contribution in [0.25, 0.3) is 10.2 Å². The summed E-state index contributed by atoms with van der Waals surface area (Å²) in [5, 5.41) is 2.76. The van der Waals surface area contributed by atoms with Crippen LogP contribution in [0.5, 0.6) is 0 Å². The van der Waals surface area contributed by atoms with Gasteiger partial charge in [-0.05, 0) is 43.4 Å². The van der Waals surface area contributed by atoms with Crippen molar-refractivity contribution in [1.29, 1.82) is 0 Å². The molecule has 0 spiro atoms. The molecular weight excluding hydrogens is 454 g/mol.